The largest absolute Gasteiger partial charge is 0.423 e. The third kappa shape index (κ3) is 3.49. The molecule has 0 spiro atoms. The maximum atomic E-state index is 12.4. The molecule has 0 fully saturated rings. The molecule has 0 saturated heterocycles. The van der Waals surface area contributed by atoms with Gasteiger partial charge in [-0.05, 0) is 36.8 Å². The maximum absolute atomic E-state index is 12.4. The molecule has 5 nitrogen and oxygen atoms in total. The van der Waals surface area contributed by atoms with E-state index >= 15 is 0 Å². The normalized spacial score (nSPS) is 11.7. The van der Waals surface area contributed by atoms with Crippen LogP contribution in [0.3, 0.4) is 0 Å². The van der Waals surface area contributed by atoms with Gasteiger partial charge in [-0.15, -0.1) is 0 Å². The van der Waals surface area contributed by atoms with Crippen LogP contribution < -0.4 is 10.3 Å². The summed E-state index contributed by atoms with van der Waals surface area (Å²) in [6.07, 6.45) is 0. The molecule has 0 aliphatic carbocycles. The van der Waals surface area contributed by atoms with Crippen LogP contribution in [0.25, 0.3) is 11.0 Å². The first kappa shape index (κ1) is 15.5. The smallest absolute Gasteiger partial charge is 0.336 e. The van der Waals surface area contributed by atoms with E-state index in [0.717, 1.165) is 11.1 Å². The van der Waals surface area contributed by atoms with Crippen LogP contribution in [0.2, 0.25) is 0 Å². The molecule has 0 saturated carbocycles. The highest BCUT2D eigenvalue weighted by atomic mass is 32.2. The molecule has 3 rings (SSSR count). The van der Waals surface area contributed by atoms with Crippen molar-refractivity contribution in [2.24, 2.45) is 0 Å². The quantitative estimate of drug-likeness (QED) is 0.746. The Balaban J connectivity index is 1.85. The lowest BCUT2D eigenvalue weighted by Gasteiger charge is -2.08. The Hall–Kier alpha value is -2.44. The zero-order valence-corrected chi connectivity index (χ0v) is 13.3. The number of benzene rings is 2. The van der Waals surface area contributed by atoms with Crippen molar-refractivity contribution < 1.29 is 12.8 Å². The molecule has 3 aromatic rings. The van der Waals surface area contributed by atoms with Gasteiger partial charge >= 0.3 is 5.63 Å². The fourth-order valence-corrected chi connectivity index (χ4v) is 3.24. The van der Waals surface area contributed by atoms with Crippen LogP contribution in [0.5, 0.6) is 0 Å². The van der Waals surface area contributed by atoms with Crippen LogP contribution in [-0.2, 0) is 16.6 Å². The number of hydrogen-bond acceptors (Lipinski definition) is 4. The van der Waals surface area contributed by atoms with Gasteiger partial charge in [0.05, 0.1) is 4.90 Å². The van der Waals surface area contributed by atoms with E-state index in [0.29, 0.717) is 11.0 Å². The van der Waals surface area contributed by atoms with Gasteiger partial charge < -0.3 is 4.42 Å². The van der Waals surface area contributed by atoms with Crippen molar-refractivity contribution in [3.63, 3.8) is 0 Å². The lowest BCUT2D eigenvalue weighted by molar-refractivity contribution is 0.560. The Kier molecular flexibility index (Phi) is 4.02. The highest BCUT2D eigenvalue weighted by Crippen LogP contribution is 2.18. The third-order valence-electron chi connectivity index (χ3n) is 3.49. The Morgan fingerprint density at radius 1 is 1.00 bits per heavy atom. The Morgan fingerprint density at radius 3 is 2.48 bits per heavy atom. The van der Waals surface area contributed by atoms with Gasteiger partial charge in [-0.3, -0.25) is 0 Å². The Morgan fingerprint density at radius 2 is 1.74 bits per heavy atom. The van der Waals surface area contributed by atoms with Gasteiger partial charge in [-0.2, -0.15) is 0 Å². The van der Waals surface area contributed by atoms with Crippen LogP contribution in [-0.4, -0.2) is 8.42 Å². The standard InChI is InChI=1S/C17H15NO4S/c1-12-2-4-13(5-3-12)11-18-23(20,21)15-7-8-16-14(10-15)6-9-17(19)22-16/h2-10,18H,11H2,1H3. The van der Waals surface area contributed by atoms with Gasteiger partial charge in [-0.25, -0.2) is 17.9 Å². The first-order chi connectivity index (χ1) is 10.9. The molecule has 0 radical (unpaired) electrons. The molecule has 0 bridgehead atoms. The maximum Gasteiger partial charge on any atom is 0.336 e. The van der Waals surface area contributed by atoms with E-state index in [1.807, 2.05) is 31.2 Å². The van der Waals surface area contributed by atoms with E-state index in [1.54, 1.807) is 6.07 Å². The van der Waals surface area contributed by atoms with Gasteiger partial charge in [0.2, 0.25) is 10.0 Å². The fourth-order valence-electron chi connectivity index (χ4n) is 2.18. The summed E-state index contributed by atoms with van der Waals surface area (Å²) in [5.74, 6) is 0. The molecule has 6 heteroatoms. The summed E-state index contributed by atoms with van der Waals surface area (Å²) in [6, 6.07) is 14.8. The van der Waals surface area contributed by atoms with E-state index in [9.17, 15) is 13.2 Å². The summed E-state index contributed by atoms with van der Waals surface area (Å²) in [5, 5.41) is 0.558. The first-order valence-corrected chi connectivity index (χ1v) is 8.51. The molecule has 1 aromatic heterocycles. The number of fused-ring (bicyclic) bond motifs is 1. The molecule has 1 heterocycles. The molecule has 0 amide bonds. The van der Waals surface area contributed by atoms with Crippen LogP contribution in [0, 0.1) is 6.92 Å². The van der Waals surface area contributed by atoms with E-state index in [2.05, 4.69) is 4.72 Å². The summed E-state index contributed by atoms with van der Waals surface area (Å²) >= 11 is 0. The second-order valence-corrected chi connectivity index (χ2v) is 7.03. The van der Waals surface area contributed by atoms with Crippen molar-refractivity contribution >= 4 is 21.0 Å². The van der Waals surface area contributed by atoms with E-state index in [4.69, 9.17) is 4.42 Å². The van der Waals surface area contributed by atoms with Gasteiger partial charge in [0.15, 0.2) is 0 Å². The lowest BCUT2D eigenvalue weighted by Crippen LogP contribution is -2.23. The lowest BCUT2D eigenvalue weighted by atomic mass is 10.2. The molecule has 0 aliphatic rings. The Bertz CT molecular complexity index is 1000. The highest BCUT2D eigenvalue weighted by molar-refractivity contribution is 7.89. The molecule has 118 valence electrons. The predicted molar refractivity (Wildman–Crippen MR) is 87.7 cm³/mol. The number of sulfonamides is 1. The van der Waals surface area contributed by atoms with Crippen LogP contribution in [0.1, 0.15) is 11.1 Å². The molecule has 0 atom stereocenters. The minimum atomic E-state index is -3.64. The zero-order valence-electron chi connectivity index (χ0n) is 12.4. The van der Waals surface area contributed by atoms with Gasteiger partial charge in [0.1, 0.15) is 5.58 Å². The van der Waals surface area contributed by atoms with Crippen LogP contribution in [0.4, 0.5) is 0 Å². The molecule has 0 unspecified atom stereocenters. The van der Waals surface area contributed by atoms with Gasteiger partial charge in [0, 0.05) is 18.0 Å². The topological polar surface area (TPSA) is 76.4 Å². The molecule has 1 N–H and O–H groups in total. The summed E-state index contributed by atoms with van der Waals surface area (Å²) < 4.78 is 32.3. The number of aryl methyl sites for hydroxylation is 1. The highest BCUT2D eigenvalue weighted by Gasteiger charge is 2.14. The second kappa shape index (κ2) is 5.98. The van der Waals surface area contributed by atoms with Gasteiger partial charge in [-0.1, -0.05) is 29.8 Å². The number of rotatable bonds is 4. The van der Waals surface area contributed by atoms with Crippen molar-refractivity contribution in [3.8, 4) is 0 Å². The fraction of sp³-hybridized carbons (Fsp3) is 0.118. The third-order valence-corrected chi connectivity index (χ3v) is 4.89. The average molecular weight is 329 g/mol. The summed E-state index contributed by atoms with van der Waals surface area (Å²) in [6.45, 7) is 2.19. The number of nitrogens with one attached hydrogen (secondary N) is 1. The second-order valence-electron chi connectivity index (χ2n) is 5.26. The van der Waals surface area contributed by atoms with Crippen molar-refractivity contribution in [1.29, 1.82) is 0 Å². The number of hydrogen-bond donors (Lipinski definition) is 1. The molecule has 2 aromatic carbocycles. The summed E-state index contributed by atoms with van der Waals surface area (Å²) in [4.78, 5) is 11.3. The molecular weight excluding hydrogens is 314 g/mol. The minimum absolute atomic E-state index is 0.131. The Labute approximate surface area is 133 Å². The minimum Gasteiger partial charge on any atom is -0.423 e. The first-order valence-electron chi connectivity index (χ1n) is 7.03. The van der Waals surface area contributed by atoms with Crippen LogP contribution >= 0.6 is 0 Å². The van der Waals surface area contributed by atoms with E-state index in [1.165, 1.54) is 24.3 Å². The average Bonchev–Trinajstić information content (AvgIpc) is 2.54. The molecular formula is C17H15NO4S. The van der Waals surface area contributed by atoms with Crippen molar-refractivity contribution in [3.05, 3.63) is 76.1 Å². The van der Waals surface area contributed by atoms with Gasteiger partial charge in [0.25, 0.3) is 0 Å². The van der Waals surface area contributed by atoms with E-state index in [-0.39, 0.29) is 11.4 Å². The SMILES string of the molecule is Cc1ccc(CNS(=O)(=O)c2ccc3oc(=O)ccc3c2)cc1. The van der Waals surface area contributed by atoms with Crippen LogP contribution in [0.15, 0.2) is 68.7 Å². The summed E-state index contributed by atoms with van der Waals surface area (Å²) in [5.41, 5.74) is 1.89. The van der Waals surface area contributed by atoms with Crippen molar-refractivity contribution in [2.75, 3.05) is 0 Å². The van der Waals surface area contributed by atoms with E-state index < -0.39 is 15.6 Å². The summed E-state index contributed by atoms with van der Waals surface area (Å²) in [7, 11) is -3.64. The molecule has 23 heavy (non-hydrogen) atoms. The predicted octanol–water partition coefficient (Wildman–Crippen LogP) is 2.58. The van der Waals surface area contributed by atoms with Crippen molar-refractivity contribution in [2.45, 2.75) is 18.4 Å². The molecule has 0 aliphatic heterocycles. The zero-order chi connectivity index (χ0) is 16.4. The van der Waals surface area contributed by atoms with Crippen molar-refractivity contribution in [1.82, 2.24) is 4.72 Å². The monoisotopic (exact) mass is 329 g/mol.